The number of benzene rings is 2. The van der Waals surface area contributed by atoms with Crippen molar-refractivity contribution >= 4 is 33.9 Å². The first-order valence-electron chi connectivity index (χ1n) is 8.11. The van der Waals surface area contributed by atoms with E-state index in [1.165, 1.54) is 0 Å². The van der Waals surface area contributed by atoms with Gasteiger partial charge in [-0.2, -0.15) is 0 Å². The number of morpholine rings is 1. The highest BCUT2D eigenvalue weighted by Crippen LogP contribution is 2.22. The number of halogens is 1. The van der Waals surface area contributed by atoms with Crippen molar-refractivity contribution < 1.29 is 14.3 Å². The van der Waals surface area contributed by atoms with Crippen molar-refractivity contribution in [3.05, 3.63) is 64.1 Å². The molecule has 0 unspecified atom stereocenters. The van der Waals surface area contributed by atoms with E-state index in [4.69, 9.17) is 4.74 Å². The largest absolute Gasteiger partial charge is 0.378 e. The van der Waals surface area contributed by atoms with E-state index in [0.717, 1.165) is 22.0 Å². The summed E-state index contributed by atoms with van der Waals surface area (Å²) in [5.74, 6) is 0. The number of carbonyl (C=O) groups is 2. The molecular formula is C19H19BrN2O3. The molecule has 0 atom stereocenters. The van der Waals surface area contributed by atoms with Crippen molar-refractivity contribution in [2.45, 2.75) is 6.54 Å². The molecule has 1 fully saturated rings. The lowest BCUT2D eigenvalue weighted by Crippen LogP contribution is -2.48. The van der Waals surface area contributed by atoms with Crippen LogP contribution in [0.25, 0.3) is 0 Å². The average Bonchev–Trinajstić information content (AvgIpc) is 2.67. The molecule has 0 saturated carbocycles. The molecule has 0 aliphatic carbocycles. The van der Waals surface area contributed by atoms with Crippen LogP contribution in [0.3, 0.4) is 0 Å². The Balaban J connectivity index is 1.85. The van der Waals surface area contributed by atoms with Crippen molar-refractivity contribution in [2.24, 2.45) is 0 Å². The summed E-state index contributed by atoms with van der Waals surface area (Å²) in [4.78, 5) is 27.4. The molecule has 0 aromatic heterocycles. The molecule has 130 valence electrons. The highest BCUT2D eigenvalue weighted by molar-refractivity contribution is 9.10. The fourth-order valence-corrected chi connectivity index (χ4v) is 2.96. The fourth-order valence-electron chi connectivity index (χ4n) is 2.70. The predicted molar refractivity (Wildman–Crippen MR) is 99.9 cm³/mol. The monoisotopic (exact) mass is 402 g/mol. The molecule has 6 heteroatoms. The van der Waals surface area contributed by atoms with Gasteiger partial charge in [0.25, 0.3) is 0 Å². The van der Waals surface area contributed by atoms with Gasteiger partial charge in [0.15, 0.2) is 0 Å². The number of nitrogens with zero attached hydrogens (tertiary/aromatic N) is 2. The molecule has 2 aromatic carbocycles. The zero-order valence-electron chi connectivity index (χ0n) is 13.7. The number of anilines is 1. The van der Waals surface area contributed by atoms with Gasteiger partial charge in [-0.15, -0.1) is 0 Å². The van der Waals surface area contributed by atoms with Gasteiger partial charge < -0.3 is 9.64 Å². The van der Waals surface area contributed by atoms with Gasteiger partial charge in [-0.25, -0.2) is 4.79 Å². The predicted octanol–water partition coefficient (Wildman–Crippen LogP) is 3.72. The lowest BCUT2D eigenvalue weighted by atomic mass is 10.1. The third-order valence-corrected chi connectivity index (χ3v) is 4.64. The topological polar surface area (TPSA) is 49.9 Å². The van der Waals surface area contributed by atoms with Crippen LogP contribution in [0.4, 0.5) is 10.5 Å². The van der Waals surface area contributed by atoms with Crippen molar-refractivity contribution in [1.82, 2.24) is 4.90 Å². The first kappa shape index (κ1) is 17.6. The molecule has 2 amide bonds. The summed E-state index contributed by atoms with van der Waals surface area (Å²) in [5.41, 5.74) is 2.42. The number of rotatable bonds is 4. The fraction of sp³-hybridized carbons (Fsp3) is 0.263. The Morgan fingerprint density at radius 2 is 1.72 bits per heavy atom. The van der Waals surface area contributed by atoms with E-state index < -0.39 is 0 Å². The van der Waals surface area contributed by atoms with Gasteiger partial charge in [-0.3, -0.25) is 9.69 Å². The van der Waals surface area contributed by atoms with Crippen LogP contribution in [-0.2, 0) is 11.3 Å². The summed E-state index contributed by atoms with van der Waals surface area (Å²) in [6.45, 7) is 2.75. The number of hydrogen-bond acceptors (Lipinski definition) is 3. The van der Waals surface area contributed by atoms with Crippen LogP contribution in [0.15, 0.2) is 53.0 Å². The molecule has 0 N–H and O–H groups in total. The van der Waals surface area contributed by atoms with Gasteiger partial charge in [-0.1, -0.05) is 40.2 Å². The second kappa shape index (κ2) is 8.27. The molecule has 0 spiro atoms. The molecule has 1 saturated heterocycles. The van der Waals surface area contributed by atoms with Crippen molar-refractivity contribution in [3.8, 4) is 0 Å². The van der Waals surface area contributed by atoms with Gasteiger partial charge in [0, 0.05) is 28.8 Å². The Kier molecular flexibility index (Phi) is 5.83. The van der Waals surface area contributed by atoms with E-state index in [1.54, 1.807) is 17.0 Å². The summed E-state index contributed by atoms with van der Waals surface area (Å²) in [7, 11) is 0. The maximum absolute atomic E-state index is 13.0. The average molecular weight is 403 g/mol. The number of urea groups is 1. The highest BCUT2D eigenvalue weighted by Gasteiger charge is 2.24. The number of aldehydes is 1. The Morgan fingerprint density at radius 3 is 2.32 bits per heavy atom. The van der Waals surface area contributed by atoms with Gasteiger partial charge in [0.05, 0.1) is 19.8 Å². The molecule has 0 bridgehead atoms. The lowest BCUT2D eigenvalue weighted by Gasteiger charge is -2.33. The normalized spacial score (nSPS) is 14.2. The maximum Gasteiger partial charge on any atom is 0.324 e. The smallest absolute Gasteiger partial charge is 0.324 e. The Labute approximate surface area is 155 Å². The maximum atomic E-state index is 13.0. The molecule has 0 radical (unpaired) electrons. The van der Waals surface area contributed by atoms with E-state index in [2.05, 4.69) is 15.9 Å². The molecule has 25 heavy (non-hydrogen) atoms. The summed E-state index contributed by atoms with van der Waals surface area (Å²) >= 11 is 3.43. The molecule has 2 aromatic rings. The van der Waals surface area contributed by atoms with E-state index in [1.807, 2.05) is 41.3 Å². The lowest BCUT2D eigenvalue weighted by molar-refractivity contribution is 0.0548. The minimum Gasteiger partial charge on any atom is -0.378 e. The quantitative estimate of drug-likeness (QED) is 0.732. The van der Waals surface area contributed by atoms with Crippen LogP contribution in [0.2, 0.25) is 0 Å². The molecule has 3 rings (SSSR count). The van der Waals surface area contributed by atoms with Crippen LogP contribution in [0.5, 0.6) is 0 Å². The Morgan fingerprint density at radius 1 is 1.08 bits per heavy atom. The summed E-state index contributed by atoms with van der Waals surface area (Å²) < 4.78 is 6.31. The summed E-state index contributed by atoms with van der Waals surface area (Å²) in [5, 5.41) is 0. The van der Waals surface area contributed by atoms with Gasteiger partial charge in [0.1, 0.15) is 6.29 Å². The highest BCUT2D eigenvalue weighted by atomic mass is 79.9. The second-order valence-electron chi connectivity index (χ2n) is 5.80. The van der Waals surface area contributed by atoms with Crippen LogP contribution in [0.1, 0.15) is 15.9 Å². The van der Waals surface area contributed by atoms with Crippen molar-refractivity contribution in [2.75, 3.05) is 31.2 Å². The van der Waals surface area contributed by atoms with Gasteiger partial charge >= 0.3 is 6.03 Å². The van der Waals surface area contributed by atoms with E-state index in [9.17, 15) is 9.59 Å². The van der Waals surface area contributed by atoms with E-state index >= 15 is 0 Å². The molecule has 1 aliphatic heterocycles. The first-order chi connectivity index (χ1) is 12.2. The van der Waals surface area contributed by atoms with Crippen LogP contribution >= 0.6 is 15.9 Å². The second-order valence-corrected chi connectivity index (χ2v) is 6.72. The van der Waals surface area contributed by atoms with Crippen molar-refractivity contribution in [1.29, 1.82) is 0 Å². The Bertz CT molecular complexity index is 725. The minimum atomic E-state index is -0.0370. The van der Waals surface area contributed by atoms with Crippen LogP contribution in [0, 0.1) is 0 Å². The molecule has 5 nitrogen and oxygen atoms in total. The number of hydrogen-bond donors (Lipinski definition) is 0. The SMILES string of the molecule is O=Cc1ccc(CN(C(=O)N2CCOCC2)c2ccc(Br)cc2)cc1. The number of carbonyl (C=O) groups excluding carboxylic acids is 2. The third kappa shape index (κ3) is 4.46. The summed E-state index contributed by atoms with van der Waals surface area (Å²) in [6.07, 6.45) is 0.815. The van der Waals surface area contributed by atoms with Crippen LogP contribution < -0.4 is 4.90 Å². The minimum absolute atomic E-state index is 0.0370. The van der Waals surface area contributed by atoms with E-state index in [0.29, 0.717) is 38.4 Å². The van der Waals surface area contributed by atoms with Gasteiger partial charge in [0.2, 0.25) is 0 Å². The number of amides is 2. The molecule has 1 heterocycles. The zero-order chi connectivity index (χ0) is 17.6. The number of ether oxygens (including phenoxy) is 1. The molecule has 1 aliphatic rings. The Hall–Kier alpha value is -2.18. The van der Waals surface area contributed by atoms with Crippen molar-refractivity contribution in [3.63, 3.8) is 0 Å². The zero-order valence-corrected chi connectivity index (χ0v) is 15.3. The summed E-state index contributed by atoms with van der Waals surface area (Å²) in [6, 6.07) is 14.9. The first-order valence-corrected chi connectivity index (χ1v) is 8.90. The van der Waals surface area contributed by atoms with E-state index in [-0.39, 0.29) is 6.03 Å². The molecular weight excluding hydrogens is 384 g/mol. The van der Waals surface area contributed by atoms with Crippen LogP contribution in [-0.4, -0.2) is 43.5 Å². The third-order valence-electron chi connectivity index (χ3n) is 4.11. The van der Waals surface area contributed by atoms with Gasteiger partial charge in [-0.05, 0) is 29.8 Å². The standard InChI is InChI=1S/C19H19BrN2O3/c20-17-5-7-18(8-6-17)22(19(24)21-9-11-25-12-10-21)13-15-1-3-16(14-23)4-2-15/h1-8,14H,9-13H2.